The Morgan fingerprint density at radius 1 is 0.317 bits per heavy atom. The first-order valence-electron chi connectivity index (χ1n) is 31.9. The van der Waals surface area contributed by atoms with Gasteiger partial charge >= 0.3 is 0 Å². The molecule has 1 aliphatic heterocycles. The van der Waals surface area contributed by atoms with E-state index >= 15 is 0 Å². The molecule has 7 aromatic rings. The molecule has 1 heterocycles. The van der Waals surface area contributed by atoms with Gasteiger partial charge in [-0.3, -0.25) is 0 Å². The molecule has 0 bridgehead atoms. The van der Waals surface area contributed by atoms with E-state index in [0.717, 1.165) is 0 Å². The van der Waals surface area contributed by atoms with Crippen LogP contribution in [0.25, 0.3) is 0 Å². The van der Waals surface area contributed by atoms with Crippen molar-refractivity contribution in [1.82, 2.24) is 0 Å². The van der Waals surface area contributed by atoms with E-state index in [4.69, 9.17) is 80.5 Å². The summed E-state index contributed by atoms with van der Waals surface area (Å²) in [5.74, 6) is 1.52. The van der Waals surface area contributed by atoms with Crippen LogP contribution >= 0.6 is 0 Å². The van der Waals surface area contributed by atoms with Crippen LogP contribution in [0.1, 0.15) is 95.3 Å². The Morgan fingerprint density at radius 2 is 0.624 bits per heavy atom. The maximum atomic E-state index is 12.0. The molecule has 0 aliphatic carbocycles. The van der Waals surface area contributed by atoms with E-state index in [-0.39, 0.29) is 120 Å². The molecule has 28 heteroatoms. The number of fused-ring (bicyclic) bond motifs is 1. The minimum Gasteiger partial charge on any atom is -0.493 e. The number of aliphatic hydroxyl groups excluding tert-OH is 11. The van der Waals surface area contributed by atoms with Crippen LogP contribution in [0, 0.1) is 0 Å². The Morgan fingerprint density at radius 3 is 0.990 bits per heavy atom. The molecule has 0 aromatic heterocycles. The van der Waals surface area contributed by atoms with Crippen LogP contribution in [0.3, 0.4) is 0 Å². The first-order chi connectivity index (χ1) is 48.7. The number of aliphatic hydroxyl groups is 11. The van der Waals surface area contributed by atoms with Crippen LogP contribution in [-0.4, -0.2) is 204 Å². The Labute approximate surface area is 584 Å². The number of hydrogen-bond donors (Lipinski definition) is 11. The predicted octanol–water partition coefficient (Wildman–Crippen LogP) is 6.14. The first-order valence-corrected chi connectivity index (χ1v) is 31.9. The molecule has 0 saturated heterocycles. The molecule has 12 atom stereocenters. The van der Waals surface area contributed by atoms with Crippen LogP contribution in [0.5, 0.6) is 97.7 Å². The molecule has 0 saturated carbocycles. The number of para-hydroxylation sites is 2. The number of methoxy groups -OCH3 is 10. The highest BCUT2D eigenvalue weighted by Crippen LogP contribution is 2.53. The molecule has 1 aliphatic rings. The SMILES string of the molecule is COc1ccccc1OC(CO)C(O)c1cc(OC)c(OC(CO)C(O)c2cc(OC)c3c(c2)[C@@H](CO)C(c2ccc(OC(CO)C(O)c4ccc(OC(CO)C(O)c5cc(OC)c(OC(CO)C(O)c6cc(OC)c(OC(C)C)c(OC)c6)c(OC)c5)c(OC)c4)c(OC)c2)O3)c(OC)c1. The average Bonchev–Trinajstić information content (AvgIpc) is 1.63. The highest BCUT2D eigenvalue weighted by Gasteiger charge is 2.41. The minimum atomic E-state index is -1.57. The van der Waals surface area contributed by atoms with Gasteiger partial charge in [-0.05, 0) is 132 Å². The van der Waals surface area contributed by atoms with E-state index in [9.17, 15) is 56.2 Å². The summed E-state index contributed by atoms with van der Waals surface area (Å²) in [6, 6.07) is 27.7. The van der Waals surface area contributed by atoms with Crippen molar-refractivity contribution in [3.63, 3.8) is 0 Å². The average molecular weight is 1420 g/mol. The lowest BCUT2D eigenvalue weighted by Gasteiger charge is -2.28. The molecule has 0 fully saturated rings. The van der Waals surface area contributed by atoms with Crippen LogP contribution in [0.15, 0.2) is 109 Å². The van der Waals surface area contributed by atoms with E-state index in [1.165, 1.54) is 138 Å². The number of hydrogen-bond acceptors (Lipinski definition) is 28. The topological polar surface area (TPSA) is 379 Å². The molecular weight excluding hydrogens is 1320 g/mol. The Kier molecular flexibility index (Phi) is 27.5. The Hall–Kier alpha value is -9.30. The van der Waals surface area contributed by atoms with Gasteiger partial charge in [0.05, 0.1) is 123 Å². The summed E-state index contributed by atoms with van der Waals surface area (Å²) >= 11 is 0. The lowest BCUT2D eigenvalue weighted by molar-refractivity contribution is -0.00428. The maximum Gasteiger partial charge on any atom is 0.204 e. The van der Waals surface area contributed by atoms with E-state index in [2.05, 4.69) is 0 Å². The number of ether oxygens (including phenoxy) is 17. The molecule has 550 valence electrons. The Balaban J connectivity index is 0.956. The van der Waals surface area contributed by atoms with Gasteiger partial charge in [0.2, 0.25) is 17.2 Å². The minimum absolute atomic E-state index is 0.0148. The second-order valence-electron chi connectivity index (χ2n) is 23.3. The van der Waals surface area contributed by atoms with Crippen LogP contribution < -0.4 is 80.5 Å². The van der Waals surface area contributed by atoms with Gasteiger partial charge in [0, 0.05) is 5.56 Å². The molecule has 8 rings (SSSR count). The maximum absolute atomic E-state index is 12.0. The third-order valence-electron chi connectivity index (χ3n) is 16.8. The largest absolute Gasteiger partial charge is 0.493 e. The van der Waals surface area contributed by atoms with E-state index in [1.807, 2.05) is 13.8 Å². The van der Waals surface area contributed by atoms with Crippen molar-refractivity contribution in [2.45, 2.75) is 93.0 Å². The summed E-state index contributed by atoms with van der Waals surface area (Å²) in [6.07, 6.45) is -15.2. The summed E-state index contributed by atoms with van der Waals surface area (Å²) in [4.78, 5) is 0. The molecule has 0 amide bonds. The molecule has 11 N–H and O–H groups in total. The van der Waals surface area contributed by atoms with Crippen LogP contribution in [0.4, 0.5) is 0 Å². The van der Waals surface area contributed by atoms with Crippen molar-refractivity contribution in [2.24, 2.45) is 0 Å². The zero-order chi connectivity index (χ0) is 73.4. The van der Waals surface area contributed by atoms with Crippen LogP contribution in [0.2, 0.25) is 0 Å². The summed E-state index contributed by atoms with van der Waals surface area (Å²) < 4.78 is 99.5. The fourth-order valence-electron chi connectivity index (χ4n) is 11.5. The lowest BCUT2D eigenvalue weighted by atomic mass is 9.89. The van der Waals surface area contributed by atoms with Gasteiger partial charge in [-0.1, -0.05) is 24.3 Å². The Bertz CT molecular complexity index is 3750. The van der Waals surface area contributed by atoms with E-state index in [0.29, 0.717) is 22.6 Å². The normalized spacial score (nSPS) is 16.3. The van der Waals surface area contributed by atoms with Gasteiger partial charge < -0.3 is 137 Å². The van der Waals surface area contributed by atoms with Gasteiger partial charge in [-0.15, -0.1) is 0 Å². The standard InChI is InChI=1S/C73H90O28/c1-37(2)95-71-53(89-7)25-43(26-54(71)90-8)68(84)63(36-79)100-73-57(93-11)29-42(30-58(73)94-12)67(83)61(34-77)98-48-19-17-38(22-50(48)86-4)64(80)59(32-75)97-49-20-18-39(23-51(49)87-5)69-45(31-74)44-21-40(24-52(88-6)70(44)101-69)65(81)62(35-78)99-72-55(91-9)27-41(28-56(72)92-10)66(82)60(33-76)96-47-16-14-13-15-46(47)85-3/h13-30,37,45,59-69,74-84H,31-36H2,1-12H3/t45-,59?,60?,61?,62?,63?,64?,65?,66?,67?,68?,69?/m1/s1. The van der Waals surface area contributed by atoms with Gasteiger partial charge in [0.1, 0.15) is 36.6 Å². The smallest absolute Gasteiger partial charge is 0.204 e. The van der Waals surface area contributed by atoms with Gasteiger partial charge in [-0.25, -0.2) is 0 Å². The van der Waals surface area contributed by atoms with Crippen molar-refractivity contribution in [3.8, 4) is 97.7 Å². The highest BCUT2D eigenvalue weighted by atomic mass is 16.6. The number of rotatable bonds is 39. The number of benzene rings is 7. The fraction of sp³-hybridized carbons (Fsp3) is 0.425. The van der Waals surface area contributed by atoms with Crippen molar-refractivity contribution >= 4 is 0 Å². The summed E-state index contributed by atoms with van der Waals surface area (Å²) in [6.45, 7) is -0.237. The van der Waals surface area contributed by atoms with Gasteiger partial charge in [0.15, 0.2) is 111 Å². The summed E-state index contributed by atoms with van der Waals surface area (Å²) in [7, 11) is 13.8. The van der Waals surface area contributed by atoms with E-state index in [1.54, 1.807) is 42.5 Å². The molecule has 0 radical (unpaired) electrons. The quantitative estimate of drug-likeness (QED) is 0.0206. The summed E-state index contributed by atoms with van der Waals surface area (Å²) in [5.41, 5.74) is 1.94. The van der Waals surface area contributed by atoms with Crippen molar-refractivity contribution in [1.29, 1.82) is 0 Å². The van der Waals surface area contributed by atoms with Crippen molar-refractivity contribution in [2.75, 3.05) is 111 Å². The van der Waals surface area contributed by atoms with Crippen molar-refractivity contribution in [3.05, 3.63) is 148 Å². The van der Waals surface area contributed by atoms with Crippen LogP contribution in [-0.2, 0) is 0 Å². The molecule has 0 spiro atoms. The zero-order valence-corrected chi connectivity index (χ0v) is 58.0. The highest BCUT2D eigenvalue weighted by molar-refractivity contribution is 5.60. The third kappa shape index (κ3) is 17.2. The molecule has 101 heavy (non-hydrogen) atoms. The third-order valence-corrected chi connectivity index (χ3v) is 16.8. The molecule has 7 aromatic carbocycles. The molecule has 28 nitrogen and oxygen atoms in total. The van der Waals surface area contributed by atoms with Crippen molar-refractivity contribution < 1.29 is 137 Å². The zero-order valence-electron chi connectivity index (χ0n) is 58.0. The fourth-order valence-corrected chi connectivity index (χ4v) is 11.5. The summed E-state index contributed by atoms with van der Waals surface area (Å²) in [5, 5.41) is 123. The van der Waals surface area contributed by atoms with Gasteiger partial charge in [-0.2, -0.15) is 0 Å². The second kappa shape index (κ2) is 35.8. The molecular formula is C73H90O28. The van der Waals surface area contributed by atoms with E-state index < -0.39 is 113 Å². The first kappa shape index (κ1) is 77.4. The molecule has 11 unspecified atom stereocenters. The van der Waals surface area contributed by atoms with Gasteiger partial charge in [0.25, 0.3) is 0 Å². The second-order valence-corrected chi connectivity index (χ2v) is 23.3. The monoisotopic (exact) mass is 1410 g/mol. The predicted molar refractivity (Wildman–Crippen MR) is 362 cm³/mol. The lowest BCUT2D eigenvalue weighted by Crippen LogP contribution is -2.30.